The summed E-state index contributed by atoms with van der Waals surface area (Å²) in [5.74, 6) is -0.0356. The Kier molecular flexibility index (Phi) is 8.51. The molecule has 0 fully saturated rings. The Balaban J connectivity index is 3.63. The first-order valence-corrected chi connectivity index (χ1v) is 4.84. The third-order valence-electron chi connectivity index (χ3n) is 1.77. The van der Waals surface area contributed by atoms with Crippen LogP contribution in [0.3, 0.4) is 0 Å². The molecule has 0 rings (SSSR count). The SMILES string of the molecule is CCNC(=O)CNC(CCO)COC. The molecule has 5 nitrogen and oxygen atoms in total. The van der Waals surface area contributed by atoms with Crippen LogP contribution in [0, 0.1) is 0 Å². The molecular weight excluding hydrogens is 184 g/mol. The van der Waals surface area contributed by atoms with Gasteiger partial charge < -0.3 is 20.5 Å². The second-order valence-electron chi connectivity index (χ2n) is 3.00. The molecule has 0 aliphatic heterocycles. The predicted octanol–water partition coefficient (Wildman–Crippen LogP) is -0.890. The number of hydrogen-bond donors (Lipinski definition) is 3. The first-order chi connectivity index (χ1) is 6.74. The van der Waals surface area contributed by atoms with E-state index in [0.717, 1.165) is 0 Å². The minimum atomic E-state index is -0.0356. The Hall–Kier alpha value is -0.650. The zero-order valence-corrected chi connectivity index (χ0v) is 8.88. The first kappa shape index (κ1) is 13.4. The molecule has 1 unspecified atom stereocenters. The highest BCUT2D eigenvalue weighted by atomic mass is 16.5. The van der Waals surface area contributed by atoms with Gasteiger partial charge in [0.05, 0.1) is 13.2 Å². The third-order valence-corrected chi connectivity index (χ3v) is 1.77. The van der Waals surface area contributed by atoms with Crippen molar-refractivity contribution in [3.05, 3.63) is 0 Å². The lowest BCUT2D eigenvalue weighted by Gasteiger charge is -2.16. The smallest absolute Gasteiger partial charge is 0.233 e. The summed E-state index contributed by atoms with van der Waals surface area (Å²) in [6.07, 6.45) is 0.591. The van der Waals surface area contributed by atoms with Crippen molar-refractivity contribution in [3.8, 4) is 0 Å². The Bertz CT molecular complexity index is 147. The predicted molar refractivity (Wildman–Crippen MR) is 54.1 cm³/mol. The number of carbonyl (C=O) groups is 1. The van der Waals surface area contributed by atoms with E-state index < -0.39 is 0 Å². The van der Waals surface area contributed by atoms with Crippen LogP contribution in [0.1, 0.15) is 13.3 Å². The first-order valence-electron chi connectivity index (χ1n) is 4.84. The molecule has 1 atom stereocenters. The fourth-order valence-corrected chi connectivity index (χ4v) is 1.10. The van der Waals surface area contributed by atoms with E-state index >= 15 is 0 Å². The van der Waals surface area contributed by atoms with Crippen molar-refractivity contribution in [2.45, 2.75) is 19.4 Å². The van der Waals surface area contributed by atoms with Crippen LogP contribution in [0.5, 0.6) is 0 Å². The maximum Gasteiger partial charge on any atom is 0.233 e. The largest absolute Gasteiger partial charge is 0.396 e. The van der Waals surface area contributed by atoms with E-state index in [1.807, 2.05) is 6.92 Å². The topological polar surface area (TPSA) is 70.6 Å². The minimum Gasteiger partial charge on any atom is -0.396 e. The van der Waals surface area contributed by atoms with Gasteiger partial charge in [-0.05, 0) is 13.3 Å². The molecule has 0 aromatic rings. The summed E-state index contributed by atoms with van der Waals surface area (Å²) in [6.45, 7) is 3.37. The van der Waals surface area contributed by atoms with Gasteiger partial charge in [0.1, 0.15) is 0 Å². The molecule has 0 aromatic heterocycles. The zero-order valence-electron chi connectivity index (χ0n) is 8.88. The molecule has 0 aliphatic carbocycles. The molecule has 0 aliphatic rings. The summed E-state index contributed by atoms with van der Waals surface area (Å²) in [4.78, 5) is 11.1. The van der Waals surface area contributed by atoms with Crippen LogP contribution in [-0.2, 0) is 9.53 Å². The van der Waals surface area contributed by atoms with E-state index in [-0.39, 0.29) is 25.1 Å². The van der Waals surface area contributed by atoms with E-state index in [1.54, 1.807) is 7.11 Å². The second-order valence-corrected chi connectivity index (χ2v) is 3.00. The van der Waals surface area contributed by atoms with Crippen LogP contribution in [-0.4, -0.2) is 50.5 Å². The van der Waals surface area contributed by atoms with Crippen molar-refractivity contribution in [2.75, 3.05) is 33.4 Å². The summed E-state index contributed by atoms with van der Waals surface area (Å²) in [7, 11) is 1.60. The number of methoxy groups -OCH3 is 1. The van der Waals surface area contributed by atoms with Crippen molar-refractivity contribution < 1.29 is 14.6 Å². The molecule has 0 saturated heterocycles. The number of aliphatic hydroxyl groups is 1. The summed E-state index contributed by atoms with van der Waals surface area (Å²) >= 11 is 0. The monoisotopic (exact) mass is 204 g/mol. The Morgan fingerprint density at radius 2 is 2.29 bits per heavy atom. The second kappa shape index (κ2) is 8.93. The highest BCUT2D eigenvalue weighted by Gasteiger charge is 2.08. The molecule has 0 radical (unpaired) electrons. The number of ether oxygens (including phenoxy) is 1. The van der Waals surface area contributed by atoms with Crippen LogP contribution >= 0.6 is 0 Å². The van der Waals surface area contributed by atoms with Crippen molar-refractivity contribution in [1.82, 2.24) is 10.6 Å². The summed E-state index contributed by atoms with van der Waals surface area (Å²) in [5.41, 5.74) is 0. The molecule has 84 valence electrons. The van der Waals surface area contributed by atoms with E-state index in [2.05, 4.69) is 10.6 Å². The van der Waals surface area contributed by atoms with Gasteiger partial charge in [-0.1, -0.05) is 0 Å². The molecule has 0 heterocycles. The Labute approximate surface area is 84.8 Å². The number of amides is 1. The zero-order chi connectivity index (χ0) is 10.8. The molecule has 0 saturated carbocycles. The number of likely N-dealkylation sites (N-methyl/N-ethyl adjacent to an activating group) is 1. The molecule has 0 bridgehead atoms. The summed E-state index contributed by atoms with van der Waals surface area (Å²) < 4.78 is 4.94. The van der Waals surface area contributed by atoms with Gasteiger partial charge in [0.15, 0.2) is 0 Å². The third kappa shape index (κ3) is 6.82. The standard InChI is InChI=1S/C9H20N2O3/c1-3-10-9(13)6-11-8(4-5-12)7-14-2/h8,11-12H,3-7H2,1-2H3,(H,10,13). The average molecular weight is 204 g/mol. The molecule has 14 heavy (non-hydrogen) atoms. The van der Waals surface area contributed by atoms with Gasteiger partial charge in [-0.25, -0.2) is 0 Å². The molecule has 0 spiro atoms. The van der Waals surface area contributed by atoms with Crippen LogP contribution in [0.15, 0.2) is 0 Å². The van der Waals surface area contributed by atoms with E-state index in [9.17, 15) is 4.79 Å². The quantitative estimate of drug-likeness (QED) is 0.480. The number of carbonyl (C=O) groups excluding carboxylic acids is 1. The highest BCUT2D eigenvalue weighted by Crippen LogP contribution is 1.90. The van der Waals surface area contributed by atoms with Crippen molar-refractivity contribution in [1.29, 1.82) is 0 Å². The normalized spacial score (nSPS) is 12.5. The lowest BCUT2D eigenvalue weighted by molar-refractivity contribution is -0.120. The van der Waals surface area contributed by atoms with Gasteiger partial charge in [0.25, 0.3) is 0 Å². The van der Waals surface area contributed by atoms with E-state index in [1.165, 1.54) is 0 Å². The van der Waals surface area contributed by atoms with Gasteiger partial charge in [0.2, 0.25) is 5.91 Å². The fraction of sp³-hybridized carbons (Fsp3) is 0.889. The van der Waals surface area contributed by atoms with Gasteiger partial charge in [0, 0.05) is 26.3 Å². The van der Waals surface area contributed by atoms with Gasteiger partial charge in [-0.3, -0.25) is 4.79 Å². The van der Waals surface area contributed by atoms with Gasteiger partial charge in [-0.2, -0.15) is 0 Å². The lowest BCUT2D eigenvalue weighted by Crippen LogP contribution is -2.41. The van der Waals surface area contributed by atoms with Gasteiger partial charge in [-0.15, -0.1) is 0 Å². The summed E-state index contributed by atoms with van der Waals surface area (Å²) in [5, 5.41) is 14.4. The minimum absolute atomic E-state index is 0.0348. The number of aliphatic hydroxyl groups excluding tert-OH is 1. The number of nitrogens with one attached hydrogen (secondary N) is 2. The van der Waals surface area contributed by atoms with Crippen LogP contribution in [0.25, 0.3) is 0 Å². The number of rotatable bonds is 8. The summed E-state index contributed by atoms with van der Waals surface area (Å²) in [6, 6.07) is 0.0348. The van der Waals surface area contributed by atoms with Crippen molar-refractivity contribution >= 4 is 5.91 Å². The van der Waals surface area contributed by atoms with E-state index in [0.29, 0.717) is 19.6 Å². The average Bonchev–Trinajstić information content (AvgIpc) is 2.15. The Morgan fingerprint density at radius 1 is 1.57 bits per heavy atom. The van der Waals surface area contributed by atoms with Crippen LogP contribution in [0.2, 0.25) is 0 Å². The van der Waals surface area contributed by atoms with Crippen LogP contribution < -0.4 is 10.6 Å². The lowest BCUT2D eigenvalue weighted by atomic mass is 10.2. The van der Waals surface area contributed by atoms with Crippen LogP contribution in [0.4, 0.5) is 0 Å². The molecule has 1 amide bonds. The molecule has 0 aromatic carbocycles. The Morgan fingerprint density at radius 3 is 2.79 bits per heavy atom. The molecule has 3 N–H and O–H groups in total. The van der Waals surface area contributed by atoms with Gasteiger partial charge >= 0.3 is 0 Å². The molecule has 5 heteroatoms. The molecular formula is C9H20N2O3. The van der Waals surface area contributed by atoms with Crippen molar-refractivity contribution in [3.63, 3.8) is 0 Å². The maximum absolute atomic E-state index is 11.1. The number of hydrogen-bond acceptors (Lipinski definition) is 4. The maximum atomic E-state index is 11.1. The van der Waals surface area contributed by atoms with Crippen molar-refractivity contribution in [2.24, 2.45) is 0 Å². The highest BCUT2D eigenvalue weighted by molar-refractivity contribution is 5.77. The van der Waals surface area contributed by atoms with E-state index in [4.69, 9.17) is 9.84 Å². The fourth-order valence-electron chi connectivity index (χ4n) is 1.10.